The first-order valence-corrected chi connectivity index (χ1v) is 12.2. The quantitative estimate of drug-likeness (QED) is 0.504. The topological polar surface area (TPSA) is 63.6 Å². The molecule has 0 aromatic heterocycles. The van der Waals surface area contributed by atoms with Crippen LogP contribution in [0, 0.1) is 4.91 Å². The molecule has 0 saturated carbocycles. The van der Waals surface area contributed by atoms with Crippen LogP contribution in [0.1, 0.15) is 6.42 Å². The molecule has 6 heteroatoms. The minimum Gasteiger partial charge on any atom is 0 e. The summed E-state index contributed by atoms with van der Waals surface area (Å²) in [5.41, 5.74) is 0. The Hall–Kier alpha value is -0.383. The van der Waals surface area contributed by atoms with E-state index in [-0.39, 0.29) is 21.1 Å². The molecular weight excluding hydrogens is 526 g/mol. The zero-order valence-electron chi connectivity index (χ0n) is 7.43. The van der Waals surface area contributed by atoms with Gasteiger partial charge in [0, 0.05) is 21.1 Å². The molecule has 14 heavy (non-hydrogen) atoms. The first kappa shape index (κ1) is 13.6. The Bertz CT molecular complexity index is 487. The van der Waals surface area contributed by atoms with Crippen molar-refractivity contribution in [3.05, 3.63) is 27.1 Å². The minimum atomic E-state index is -4.91. The predicted molar refractivity (Wildman–Crippen MR) is 44.9 cm³/mol. The van der Waals surface area contributed by atoms with Crippen LogP contribution in [0.2, 0.25) is 5.31 Å². The summed E-state index contributed by atoms with van der Waals surface area (Å²) < 4.78 is 6.45. The molecule has 0 unspecified atom stereocenters. The van der Waals surface area contributed by atoms with Crippen LogP contribution in [-0.4, -0.2) is 8.53 Å². The van der Waals surface area contributed by atoms with Crippen molar-refractivity contribution < 1.29 is 44.8 Å². The van der Waals surface area contributed by atoms with E-state index < -0.39 is 14.1 Å². The number of hydrogen-bond donors (Lipinski definition) is 0. The number of allylic oxidation sites excluding steroid dienone is 4. The van der Waals surface area contributed by atoms with Gasteiger partial charge in [0.05, 0.1) is 0 Å². The van der Waals surface area contributed by atoms with Crippen LogP contribution in [0.15, 0.2) is 25.9 Å². The fourth-order valence-electron chi connectivity index (χ4n) is 1.00. The number of nitroso groups, excluding NO2 is 1. The molecule has 0 bridgehead atoms. The Morgan fingerprint density at radius 3 is 2.29 bits per heavy atom. The summed E-state index contributed by atoms with van der Waals surface area (Å²) in [6, 6.07) is 0. The number of carbonyl (C=O) groups excluding carboxylic acids is 2. The Morgan fingerprint density at radius 1 is 1.43 bits per heavy atom. The third kappa shape index (κ3) is 1.85. The molecule has 0 atom stereocenters. The number of rotatable bonds is 2. The zero-order valence-corrected chi connectivity index (χ0v) is 13.3. The van der Waals surface area contributed by atoms with Crippen molar-refractivity contribution in [3.63, 3.8) is 0 Å². The Labute approximate surface area is 95.5 Å². The first-order valence-electron chi connectivity index (χ1n) is 3.51. The Balaban J connectivity index is 0.00000169. The van der Waals surface area contributed by atoms with Crippen LogP contribution in [0.3, 0.4) is 0 Å². The van der Waals surface area contributed by atoms with Gasteiger partial charge in [0.15, 0.2) is 0 Å². The van der Waals surface area contributed by atoms with Crippen molar-refractivity contribution in [1.82, 2.24) is 0 Å². The monoisotopic (exact) mass is 534 g/mol. The van der Waals surface area contributed by atoms with Crippen LogP contribution in [0.5, 0.6) is 0 Å². The molecule has 0 aliphatic heterocycles. The predicted octanol–water partition coefficient (Wildman–Crippen LogP) is 1.38. The van der Waals surface area contributed by atoms with Gasteiger partial charge in [0.25, 0.3) is 0 Å². The second-order valence-corrected chi connectivity index (χ2v) is 16.4. The van der Waals surface area contributed by atoms with Crippen molar-refractivity contribution in [2.45, 2.75) is 11.7 Å². The molecule has 1 aliphatic carbocycles. The third-order valence-electron chi connectivity index (χ3n) is 1.97. The van der Waals surface area contributed by atoms with Gasteiger partial charge >= 0.3 is 74.8 Å². The van der Waals surface area contributed by atoms with E-state index in [9.17, 15) is 14.5 Å². The summed E-state index contributed by atoms with van der Waals surface area (Å²) in [4.78, 5) is 32.1. The van der Waals surface area contributed by atoms with Gasteiger partial charge in [-0.25, -0.2) is 0 Å². The maximum Gasteiger partial charge on any atom is 0 e. The summed E-state index contributed by atoms with van der Waals surface area (Å²) in [5.74, 6) is 0. The van der Waals surface area contributed by atoms with E-state index in [1.54, 1.807) is 26.8 Å². The van der Waals surface area contributed by atoms with E-state index in [0.29, 0.717) is 10.4 Å². The van der Waals surface area contributed by atoms with Crippen LogP contribution >= 0.6 is 0 Å². The summed E-state index contributed by atoms with van der Waals surface area (Å²) in [7, 11) is 0. The molecule has 0 heterocycles. The van der Waals surface area contributed by atoms with Gasteiger partial charge < -0.3 is 0 Å². The Kier molecular flexibility index (Phi) is 4.30. The number of hydrogen-bond acceptors (Lipinski definition) is 4. The van der Waals surface area contributed by atoms with Crippen molar-refractivity contribution in [1.29, 1.82) is 0 Å². The molecule has 4 nitrogen and oxygen atoms in total. The van der Waals surface area contributed by atoms with Crippen molar-refractivity contribution in [2.24, 2.45) is 3.74 Å². The van der Waals surface area contributed by atoms with Gasteiger partial charge in [0.1, 0.15) is 0 Å². The molecule has 0 fully saturated rings. The van der Waals surface area contributed by atoms with Gasteiger partial charge in [-0.2, -0.15) is 0 Å². The SMILES string of the molecule is [CH3][W](=[C]=O)(=[C]=O)([N]=O)[C]1=CC=CC1.[W]. The summed E-state index contributed by atoms with van der Waals surface area (Å²) >= 11 is -4.91. The molecule has 1 rings (SSSR count). The van der Waals surface area contributed by atoms with Crippen molar-refractivity contribution in [3.8, 4) is 0 Å². The van der Waals surface area contributed by atoms with E-state index in [0.717, 1.165) is 0 Å². The second kappa shape index (κ2) is 4.42. The maximum atomic E-state index is 10.7. The van der Waals surface area contributed by atoms with E-state index in [4.69, 9.17) is 0 Å². The van der Waals surface area contributed by atoms with Gasteiger partial charge in [-0.15, -0.1) is 0 Å². The molecule has 0 amide bonds. The summed E-state index contributed by atoms with van der Waals surface area (Å²) in [6.07, 6.45) is 5.51. The Morgan fingerprint density at radius 2 is 2.00 bits per heavy atom. The van der Waals surface area contributed by atoms with Crippen LogP contribution in [-0.2, 0) is 44.8 Å². The molecule has 0 spiro atoms. The van der Waals surface area contributed by atoms with Gasteiger partial charge in [-0.3, -0.25) is 0 Å². The molecule has 0 saturated heterocycles. The zero-order chi connectivity index (χ0) is 9.97. The largest absolute Gasteiger partial charge is 0 e. The van der Waals surface area contributed by atoms with Crippen LogP contribution in [0.25, 0.3) is 0 Å². The van der Waals surface area contributed by atoms with E-state index >= 15 is 0 Å². The van der Waals surface area contributed by atoms with Gasteiger partial charge in [0.2, 0.25) is 0 Å². The molecule has 0 N–H and O–H groups in total. The second-order valence-electron chi connectivity index (χ2n) is 2.88. The molecule has 75 valence electrons. The smallest absolute Gasteiger partial charge is 0 e. The average Bonchev–Trinajstić information content (AvgIpc) is 2.71. The van der Waals surface area contributed by atoms with Gasteiger partial charge in [-0.05, 0) is 0 Å². The van der Waals surface area contributed by atoms with Crippen LogP contribution < -0.4 is 0 Å². The average molecular weight is 534 g/mol. The standard InChI is InChI=1S/C5H5.2CO.CH3.NO.2W/c1-2-4-5-3-1;2*1-2;;1-2;;/h1-3H,4H2;;;1H3;;;/q;;;;-1;;+1. The van der Waals surface area contributed by atoms with Crippen LogP contribution in [0.4, 0.5) is 0 Å². The normalized spacial score (nSPS) is 16.6. The molecule has 0 radical (unpaired) electrons. The van der Waals surface area contributed by atoms with Crippen molar-refractivity contribution >= 4 is 8.53 Å². The fraction of sp³-hybridized carbons (Fsp3) is 0.250. The first-order chi connectivity index (χ1) is 6.09. The summed E-state index contributed by atoms with van der Waals surface area (Å²) in [5, 5.41) is 1.33. The van der Waals surface area contributed by atoms with Gasteiger partial charge in [-0.1, -0.05) is 0 Å². The fourth-order valence-corrected chi connectivity index (χ4v) is 5.74. The van der Waals surface area contributed by atoms with E-state index in [2.05, 4.69) is 3.74 Å². The number of nitrogens with zero attached hydrogens (tertiary/aromatic N) is 1. The van der Waals surface area contributed by atoms with E-state index in [1.807, 2.05) is 0 Å². The summed E-state index contributed by atoms with van der Waals surface area (Å²) in [6.45, 7) is 0. The molecule has 0 aromatic rings. The van der Waals surface area contributed by atoms with E-state index in [1.165, 1.54) is 5.31 Å². The van der Waals surface area contributed by atoms with Crippen molar-refractivity contribution in [2.75, 3.05) is 0 Å². The third-order valence-corrected chi connectivity index (χ3v) is 11.9. The molecular formula is C8H8NO3W2. The molecule has 1 aliphatic rings. The minimum absolute atomic E-state index is 0. The maximum absolute atomic E-state index is 10.7. The molecule has 0 aromatic carbocycles.